The predicted molar refractivity (Wildman–Crippen MR) is 95.5 cm³/mol. The Balaban J connectivity index is 2.11. The quantitative estimate of drug-likeness (QED) is 0.766. The zero-order valence-corrected chi connectivity index (χ0v) is 14.6. The molecule has 0 bridgehead atoms. The molecule has 2 rings (SSSR count). The second-order valence-corrected chi connectivity index (χ2v) is 6.39. The Bertz CT molecular complexity index is 715. The van der Waals surface area contributed by atoms with Crippen molar-refractivity contribution >= 4 is 28.9 Å². The molecule has 2 N–H and O–H groups in total. The first-order valence-corrected chi connectivity index (χ1v) is 8.65. The average Bonchev–Trinajstić information content (AvgIpc) is 3.03. The van der Waals surface area contributed by atoms with Crippen LogP contribution in [-0.2, 0) is 4.79 Å². The van der Waals surface area contributed by atoms with Crippen LogP contribution >= 0.6 is 11.3 Å². The van der Waals surface area contributed by atoms with Crippen LogP contribution in [0, 0.1) is 0 Å². The lowest BCUT2D eigenvalue weighted by Crippen LogP contribution is -2.31. The van der Waals surface area contributed by atoms with Crippen molar-refractivity contribution in [2.45, 2.75) is 19.8 Å². The number of hydrogen-bond donors (Lipinski definition) is 2. The summed E-state index contributed by atoms with van der Waals surface area (Å²) in [5, 5.41) is 14.0. The summed E-state index contributed by atoms with van der Waals surface area (Å²) in [7, 11) is 1.92. The standard InChI is InChI=1S/C17H21N3O3S/c1-3-4-9-20(2)10-15(21)18-13-8-6-5-7-12(13)16-19-14(11-24-16)17(22)23/h5-8,11H,3-4,9-10H2,1-2H3,(H,18,21)(H,22,23). The highest BCUT2D eigenvalue weighted by molar-refractivity contribution is 7.13. The number of thiazole rings is 1. The number of carboxylic acid groups (broad SMARTS) is 1. The molecule has 6 nitrogen and oxygen atoms in total. The molecule has 0 spiro atoms. The zero-order chi connectivity index (χ0) is 17.5. The average molecular weight is 347 g/mol. The SMILES string of the molecule is CCCCN(C)CC(=O)Nc1ccccc1-c1nc(C(=O)O)cs1. The number of nitrogens with zero attached hydrogens (tertiary/aromatic N) is 2. The molecule has 0 atom stereocenters. The molecule has 1 amide bonds. The molecule has 0 saturated carbocycles. The van der Waals surface area contributed by atoms with Crippen LogP contribution in [0.15, 0.2) is 29.6 Å². The Morgan fingerprint density at radius 1 is 1.33 bits per heavy atom. The van der Waals surface area contributed by atoms with Gasteiger partial charge in [0.25, 0.3) is 0 Å². The van der Waals surface area contributed by atoms with E-state index in [1.807, 2.05) is 30.1 Å². The number of benzene rings is 1. The van der Waals surface area contributed by atoms with E-state index in [9.17, 15) is 9.59 Å². The first-order valence-electron chi connectivity index (χ1n) is 7.78. The van der Waals surface area contributed by atoms with E-state index in [0.29, 0.717) is 17.2 Å². The normalized spacial score (nSPS) is 10.8. The van der Waals surface area contributed by atoms with Crippen LogP contribution in [0.25, 0.3) is 10.6 Å². The number of unbranched alkanes of at least 4 members (excludes halogenated alkanes) is 1. The Hall–Kier alpha value is -2.25. The molecule has 2 aromatic rings. The van der Waals surface area contributed by atoms with Gasteiger partial charge in [-0.05, 0) is 32.1 Å². The maximum absolute atomic E-state index is 12.2. The van der Waals surface area contributed by atoms with Gasteiger partial charge in [0.15, 0.2) is 5.69 Å². The Labute approximate surface area is 145 Å². The first kappa shape index (κ1) is 18.1. The Morgan fingerprint density at radius 3 is 2.75 bits per heavy atom. The summed E-state index contributed by atoms with van der Waals surface area (Å²) in [5.74, 6) is -1.16. The van der Waals surface area contributed by atoms with Gasteiger partial charge in [0.2, 0.25) is 5.91 Å². The summed E-state index contributed by atoms with van der Waals surface area (Å²) in [6.45, 7) is 3.30. The largest absolute Gasteiger partial charge is 0.476 e. The lowest BCUT2D eigenvalue weighted by atomic mass is 10.2. The second-order valence-electron chi connectivity index (χ2n) is 5.53. The summed E-state index contributed by atoms with van der Waals surface area (Å²) in [4.78, 5) is 29.3. The number of carbonyl (C=O) groups excluding carboxylic acids is 1. The number of anilines is 1. The van der Waals surface area contributed by atoms with Crippen molar-refractivity contribution in [3.05, 3.63) is 35.3 Å². The van der Waals surface area contributed by atoms with Crippen LogP contribution in [0.5, 0.6) is 0 Å². The predicted octanol–water partition coefficient (Wildman–Crippen LogP) is 3.18. The minimum Gasteiger partial charge on any atom is -0.476 e. The van der Waals surface area contributed by atoms with Crippen LogP contribution in [-0.4, -0.2) is 47.0 Å². The fourth-order valence-corrected chi connectivity index (χ4v) is 3.05. The van der Waals surface area contributed by atoms with E-state index in [1.165, 1.54) is 16.7 Å². The van der Waals surface area contributed by atoms with Crippen LogP contribution in [0.1, 0.15) is 30.3 Å². The third-order valence-electron chi connectivity index (χ3n) is 3.46. The molecule has 7 heteroatoms. The molecule has 24 heavy (non-hydrogen) atoms. The Morgan fingerprint density at radius 2 is 2.08 bits per heavy atom. The van der Waals surface area contributed by atoms with Crippen molar-refractivity contribution < 1.29 is 14.7 Å². The number of rotatable bonds is 8. The van der Waals surface area contributed by atoms with E-state index in [2.05, 4.69) is 17.2 Å². The highest BCUT2D eigenvalue weighted by Crippen LogP contribution is 2.30. The number of hydrogen-bond acceptors (Lipinski definition) is 5. The van der Waals surface area contributed by atoms with Gasteiger partial charge in [-0.2, -0.15) is 0 Å². The number of aromatic nitrogens is 1. The molecule has 0 unspecified atom stereocenters. The van der Waals surface area contributed by atoms with Gasteiger partial charge < -0.3 is 10.4 Å². The highest BCUT2D eigenvalue weighted by atomic mass is 32.1. The van der Waals surface area contributed by atoms with E-state index in [4.69, 9.17) is 5.11 Å². The minimum absolute atomic E-state index is 0.00966. The monoisotopic (exact) mass is 347 g/mol. The molecule has 1 aromatic carbocycles. The fraction of sp³-hybridized carbons (Fsp3) is 0.353. The topological polar surface area (TPSA) is 82.5 Å². The van der Waals surface area contributed by atoms with Crippen molar-refractivity contribution in [2.24, 2.45) is 0 Å². The van der Waals surface area contributed by atoms with Crippen molar-refractivity contribution in [2.75, 3.05) is 25.5 Å². The van der Waals surface area contributed by atoms with Gasteiger partial charge in [-0.1, -0.05) is 25.5 Å². The lowest BCUT2D eigenvalue weighted by molar-refractivity contribution is -0.117. The molecule has 1 heterocycles. The number of amides is 1. The van der Waals surface area contributed by atoms with Crippen molar-refractivity contribution in [1.82, 2.24) is 9.88 Å². The van der Waals surface area contributed by atoms with Crippen LogP contribution in [0.2, 0.25) is 0 Å². The molecule has 0 saturated heterocycles. The number of carbonyl (C=O) groups is 2. The van der Waals surface area contributed by atoms with Crippen molar-refractivity contribution in [3.63, 3.8) is 0 Å². The maximum atomic E-state index is 12.2. The number of carboxylic acids is 1. The summed E-state index contributed by atoms with van der Waals surface area (Å²) in [5.41, 5.74) is 1.37. The van der Waals surface area contributed by atoms with Crippen LogP contribution in [0.3, 0.4) is 0 Å². The molecule has 1 aromatic heterocycles. The van der Waals surface area contributed by atoms with Crippen LogP contribution < -0.4 is 5.32 Å². The number of para-hydroxylation sites is 1. The van der Waals surface area contributed by atoms with Gasteiger partial charge in [0, 0.05) is 10.9 Å². The minimum atomic E-state index is -1.06. The van der Waals surface area contributed by atoms with Gasteiger partial charge in [0.05, 0.1) is 12.2 Å². The van der Waals surface area contributed by atoms with Crippen molar-refractivity contribution in [3.8, 4) is 10.6 Å². The molecular formula is C17H21N3O3S. The van der Waals surface area contributed by atoms with E-state index in [-0.39, 0.29) is 11.6 Å². The molecule has 0 aliphatic heterocycles. The van der Waals surface area contributed by atoms with Crippen molar-refractivity contribution in [1.29, 1.82) is 0 Å². The van der Waals surface area contributed by atoms with E-state index < -0.39 is 5.97 Å². The maximum Gasteiger partial charge on any atom is 0.355 e. The lowest BCUT2D eigenvalue weighted by Gasteiger charge is -2.16. The summed E-state index contributed by atoms with van der Waals surface area (Å²) in [6.07, 6.45) is 2.14. The molecule has 0 radical (unpaired) electrons. The van der Waals surface area contributed by atoms with E-state index in [1.54, 1.807) is 6.07 Å². The highest BCUT2D eigenvalue weighted by Gasteiger charge is 2.14. The Kier molecular flexibility index (Phi) is 6.45. The van der Waals surface area contributed by atoms with Gasteiger partial charge in [-0.15, -0.1) is 11.3 Å². The molecule has 128 valence electrons. The van der Waals surface area contributed by atoms with Gasteiger partial charge >= 0.3 is 5.97 Å². The van der Waals surface area contributed by atoms with Crippen LogP contribution in [0.4, 0.5) is 5.69 Å². The third kappa shape index (κ3) is 4.87. The number of aromatic carboxylic acids is 1. The number of likely N-dealkylation sites (N-methyl/N-ethyl adjacent to an activating group) is 1. The summed E-state index contributed by atoms with van der Waals surface area (Å²) in [6, 6.07) is 7.27. The zero-order valence-electron chi connectivity index (χ0n) is 13.8. The second kappa shape index (κ2) is 8.56. The number of nitrogens with one attached hydrogen (secondary N) is 1. The van der Waals surface area contributed by atoms with Gasteiger partial charge in [0.1, 0.15) is 5.01 Å². The molecular weight excluding hydrogens is 326 g/mol. The van der Waals surface area contributed by atoms with Gasteiger partial charge in [-0.3, -0.25) is 9.69 Å². The molecule has 0 fully saturated rings. The summed E-state index contributed by atoms with van der Waals surface area (Å²) >= 11 is 1.24. The van der Waals surface area contributed by atoms with E-state index in [0.717, 1.165) is 24.9 Å². The first-order chi connectivity index (χ1) is 11.5. The smallest absolute Gasteiger partial charge is 0.355 e. The van der Waals surface area contributed by atoms with Gasteiger partial charge in [-0.25, -0.2) is 9.78 Å². The molecule has 0 aliphatic rings. The third-order valence-corrected chi connectivity index (χ3v) is 4.34. The molecule has 0 aliphatic carbocycles. The van der Waals surface area contributed by atoms with E-state index >= 15 is 0 Å². The summed E-state index contributed by atoms with van der Waals surface area (Å²) < 4.78 is 0. The fourth-order valence-electron chi connectivity index (χ4n) is 2.22.